The van der Waals surface area contributed by atoms with E-state index in [1.54, 1.807) is 12.1 Å². The van der Waals surface area contributed by atoms with Crippen LogP contribution in [0.4, 0.5) is 10.1 Å². The summed E-state index contributed by atoms with van der Waals surface area (Å²) < 4.78 is 14.3. The average Bonchev–Trinajstić information content (AvgIpc) is 3.09. The van der Waals surface area contributed by atoms with Crippen LogP contribution in [0.1, 0.15) is 37.8 Å². The van der Waals surface area contributed by atoms with Crippen molar-refractivity contribution in [2.24, 2.45) is 5.73 Å². The van der Waals surface area contributed by atoms with E-state index in [0.717, 1.165) is 30.8 Å². The lowest BCUT2D eigenvalue weighted by molar-refractivity contribution is 0.260. The van der Waals surface area contributed by atoms with E-state index in [-0.39, 0.29) is 11.9 Å². The molecule has 1 unspecified atom stereocenters. The van der Waals surface area contributed by atoms with E-state index in [4.69, 9.17) is 5.73 Å². The molecular weight excluding hydrogens is 253 g/mol. The SMILES string of the molecule is C[C@@H](N)c1cccc(F)c1N1CCC(N2CCCC2)C1. The van der Waals surface area contributed by atoms with Crippen LogP contribution in [0.15, 0.2) is 18.2 Å². The smallest absolute Gasteiger partial charge is 0.146 e. The van der Waals surface area contributed by atoms with Crippen molar-refractivity contribution < 1.29 is 4.39 Å². The fourth-order valence-corrected chi connectivity index (χ4v) is 3.58. The maximum Gasteiger partial charge on any atom is 0.146 e. The van der Waals surface area contributed by atoms with Gasteiger partial charge in [-0.2, -0.15) is 0 Å². The van der Waals surface area contributed by atoms with Crippen LogP contribution < -0.4 is 10.6 Å². The van der Waals surface area contributed by atoms with Crippen LogP contribution in [0.5, 0.6) is 0 Å². The van der Waals surface area contributed by atoms with Crippen molar-refractivity contribution in [3.8, 4) is 0 Å². The van der Waals surface area contributed by atoms with Crippen LogP contribution in [0.25, 0.3) is 0 Å². The molecule has 0 radical (unpaired) electrons. The van der Waals surface area contributed by atoms with Crippen LogP contribution in [-0.2, 0) is 0 Å². The Hall–Kier alpha value is -1.13. The molecule has 20 heavy (non-hydrogen) atoms. The fraction of sp³-hybridized carbons (Fsp3) is 0.625. The van der Waals surface area contributed by atoms with Crippen molar-refractivity contribution in [3.05, 3.63) is 29.6 Å². The lowest BCUT2D eigenvalue weighted by Gasteiger charge is -2.26. The van der Waals surface area contributed by atoms with Crippen molar-refractivity contribution in [3.63, 3.8) is 0 Å². The molecule has 0 spiro atoms. The predicted octanol–water partition coefficient (Wildman–Crippen LogP) is 2.52. The van der Waals surface area contributed by atoms with Crippen LogP contribution in [-0.4, -0.2) is 37.1 Å². The van der Waals surface area contributed by atoms with Gasteiger partial charge in [0, 0.05) is 25.2 Å². The molecule has 0 aromatic heterocycles. The van der Waals surface area contributed by atoms with Gasteiger partial charge in [-0.25, -0.2) is 4.39 Å². The lowest BCUT2D eigenvalue weighted by atomic mass is 10.1. The monoisotopic (exact) mass is 277 g/mol. The van der Waals surface area contributed by atoms with Gasteiger partial charge in [-0.3, -0.25) is 4.90 Å². The van der Waals surface area contributed by atoms with Crippen molar-refractivity contribution in [1.29, 1.82) is 0 Å². The van der Waals surface area contributed by atoms with Gasteiger partial charge in [0.05, 0.1) is 5.69 Å². The predicted molar refractivity (Wildman–Crippen MR) is 80.4 cm³/mol. The van der Waals surface area contributed by atoms with Gasteiger partial charge in [0.2, 0.25) is 0 Å². The molecule has 0 aliphatic carbocycles. The summed E-state index contributed by atoms with van der Waals surface area (Å²) in [5.74, 6) is -0.137. The number of likely N-dealkylation sites (tertiary alicyclic amines) is 1. The van der Waals surface area contributed by atoms with Gasteiger partial charge in [-0.05, 0) is 50.9 Å². The zero-order valence-electron chi connectivity index (χ0n) is 12.2. The van der Waals surface area contributed by atoms with E-state index < -0.39 is 0 Å². The Morgan fingerprint density at radius 3 is 2.70 bits per heavy atom. The van der Waals surface area contributed by atoms with Crippen molar-refractivity contribution >= 4 is 5.69 Å². The third-order valence-electron chi connectivity index (χ3n) is 4.65. The Balaban J connectivity index is 1.80. The molecule has 2 aliphatic heterocycles. The molecule has 110 valence electrons. The molecule has 3 nitrogen and oxygen atoms in total. The van der Waals surface area contributed by atoms with Crippen molar-refractivity contribution in [2.45, 2.75) is 38.3 Å². The molecule has 2 fully saturated rings. The Morgan fingerprint density at radius 1 is 1.25 bits per heavy atom. The third kappa shape index (κ3) is 2.54. The first-order valence-corrected chi connectivity index (χ1v) is 7.70. The van der Waals surface area contributed by atoms with Crippen LogP contribution in [0.3, 0.4) is 0 Å². The van der Waals surface area contributed by atoms with Gasteiger partial charge in [0.25, 0.3) is 0 Å². The molecule has 2 saturated heterocycles. The molecule has 1 aromatic rings. The highest BCUT2D eigenvalue weighted by Gasteiger charge is 2.31. The summed E-state index contributed by atoms with van der Waals surface area (Å²) in [7, 11) is 0. The summed E-state index contributed by atoms with van der Waals surface area (Å²) in [4.78, 5) is 4.75. The van der Waals surface area contributed by atoms with Gasteiger partial charge < -0.3 is 10.6 Å². The number of nitrogens with zero attached hydrogens (tertiary/aromatic N) is 2. The number of halogens is 1. The minimum absolute atomic E-state index is 0.133. The first-order valence-electron chi connectivity index (χ1n) is 7.70. The highest BCUT2D eigenvalue weighted by Crippen LogP contribution is 2.32. The minimum Gasteiger partial charge on any atom is -0.367 e. The average molecular weight is 277 g/mol. The second-order valence-electron chi connectivity index (χ2n) is 6.10. The van der Waals surface area contributed by atoms with Gasteiger partial charge in [-0.15, -0.1) is 0 Å². The topological polar surface area (TPSA) is 32.5 Å². The first-order chi connectivity index (χ1) is 9.66. The number of nitrogens with two attached hydrogens (primary N) is 1. The summed E-state index contributed by atoms with van der Waals surface area (Å²) in [6.07, 6.45) is 3.75. The maximum absolute atomic E-state index is 14.3. The van der Waals surface area contributed by atoms with Crippen molar-refractivity contribution in [2.75, 3.05) is 31.1 Å². The number of rotatable bonds is 3. The van der Waals surface area contributed by atoms with Crippen LogP contribution in [0.2, 0.25) is 0 Å². The largest absolute Gasteiger partial charge is 0.367 e. The Bertz CT molecular complexity index is 469. The van der Waals surface area contributed by atoms with Gasteiger partial charge in [0.15, 0.2) is 0 Å². The Kier molecular flexibility index (Phi) is 3.94. The summed E-state index contributed by atoms with van der Waals surface area (Å²) in [5.41, 5.74) is 7.65. The number of hydrogen-bond donors (Lipinski definition) is 1. The lowest BCUT2D eigenvalue weighted by Crippen LogP contribution is -2.35. The molecule has 2 atom stereocenters. The summed E-state index contributed by atoms with van der Waals surface area (Å²) in [6.45, 7) is 6.20. The maximum atomic E-state index is 14.3. The van der Waals surface area contributed by atoms with Crippen molar-refractivity contribution in [1.82, 2.24) is 4.90 Å². The van der Waals surface area contributed by atoms with E-state index in [9.17, 15) is 4.39 Å². The number of benzene rings is 1. The first kappa shape index (κ1) is 13.8. The van der Waals surface area contributed by atoms with E-state index in [1.165, 1.54) is 25.9 Å². The van der Waals surface area contributed by atoms with Crippen LogP contribution in [0, 0.1) is 5.82 Å². The summed E-state index contributed by atoms with van der Waals surface area (Å²) in [6, 6.07) is 5.70. The molecule has 3 rings (SSSR count). The second kappa shape index (κ2) is 5.70. The highest BCUT2D eigenvalue weighted by atomic mass is 19.1. The van der Waals surface area contributed by atoms with Gasteiger partial charge in [-0.1, -0.05) is 12.1 Å². The molecule has 0 amide bonds. The zero-order chi connectivity index (χ0) is 14.1. The fourth-order valence-electron chi connectivity index (χ4n) is 3.58. The number of hydrogen-bond acceptors (Lipinski definition) is 3. The molecule has 0 bridgehead atoms. The molecule has 4 heteroatoms. The number of para-hydroxylation sites is 1. The van der Waals surface area contributed by atoms with Crippen LogP contribution >= 0.6 is 0 Å². The normalized spacial score (nSPS) is 25.4. The van der Waals surface area contributed by atoms with E-state index in [0.29, 0.717) is 6.04 Å². The molecule has 2 heterocycles. The highest BCUT2D eigenvalue weighted by molar-refractivity contribution is 5.57. The standard InChI is InChI=1S/C16H24FN3/c1-12(18)14-5-4-6-15(17)16(14)20-10-7-13(11-20)19-8-2-3-9-19/h4-6,12-13H,2-3,7-11,18H2,1H3/t12-,13?/m1/s1. The second-order valence-corrected chi connectivity index (χ2v) is 6.10. The van der Waals surface area contributed by atoms with E-state index >= 15 is 0 Å². The Labute approximate surface area is 120 Å². The minimum atomic E-state index is -0.137. The quantitative estimate of drug-likeness (QED) is 0.921. The van der Waals surface area contributed by atoms with Gasteiger partial charge in [0.1, 0.15) is 5.82 Å². The van der Waals surface area contributed by atoms with E-state index in [2.05, 4.69) is 9.80 Å². The number of anilines is 1. The molecule has 2 N–H and O–H groups in total. The summed E-state index contributed by atoms with van der Waals surface area (Å²) >= 11 is 0. The Morgan fingerprint density at radius 2 is 2.00 bits per heavy atom. The zero-order valence-corrected chi connectivity index (χ0v) is 12.2. The molecular formula is C16H24FN3. The van der Waals surface area contributed by atoms with E-state index in [1.807, 2.05) is 13.0 Å². The summed E-state index contributed by atoms with van der Waals surface area (Å²) in [5, 5.41) is 0. The molecule has 2 aliphatic rings. The molecule has 1 aromatic carbocycles. The van der Waals surface area contributed by atoms with Gasteiger partial charge >= 0.3 is 0 Å². The third-order valence-corrected chi connectivity index (χ3v) is 4.65. The molecule has 0 saturated carbocycles.